The Labute approximate surface area is 119 Å². The third kappa shape index (κ3) is 4.33. The lowest BCUT2D eigenvalue weighted by Crippen LogP contribution is -2.35. The zero-order valence-corrected chi connectivity index (χ0v) is 11.8. The highest BCUT2D eigenvalue weighted by molar-refractivity contribution is 5.94. The van der Waals surface area contributed by atoms with Crippen LogP contribution in [0.15, 0.2) is 23.4 Å². The second-order valence-corrected chi connectivity index (χ2v) is 5.22. The van der Waals surface area contributed by atoms with Crippen LogP contribution in [0.25, 0.3) is 0 Å². The standard InChI is InChI=1S/C15H22N4O/c1-16-19-14-10-9-12(11-17-14)15(20)18-13-7-5-3-2-4-6-8-13/h9-11,13H,1-8H2,(H,17,19)(H,18,20). The van der Waals surface area contributed by atoms with Gasteiger partial charge < -0.3 is 5.32 Å². The third-order valence-corrected chi connectivity index (χ3v) is 3.66. The van der Waals surface area contributed by atoms with Crippen LogP contribution in [0.2, 0.25) is 0 Å². The van der Waals surface area contributed by atoms with Crippen LogP contribution in [0.5, 0.6) is 0 Å². The van der Waals surface area contributed by atoms with Crippen LogP contribution in [0, 0.1) is 0 Å². The number of pyridine rings is 1. The van der Waals surface area contributed by atoms with E-state index < -0.39 is 0 Å². The maximum absolute atomic E-state index is 12.2. The first-order valence-corrected chi connectivity index (χ1v) is 7.28. The molecule has 0 aliphatic heterocycles. The van der Waals surface area contributed by atoms with Gasteiger partial charge >= 0.3 is 0 Å². The van der Waals surface area contributed by atoms with Gasteiger partial charge in [0.1, 0.15) is 5.82 Å². The molecule has 1 aromatic heterocycles. The summed E-state index contributed by atoms with van der Waals surface area (Å²) < 4.78 is 0. The Morgan fingerprint density at radius 1 is 1.20 bits per heavy atom. The molecular formula is C15H22N4O. The summed E-state index contributed by atoms with van der Waals surface area (Å²) in [6.07, 6.45) is 10.0. The van der Waals surface area contributed by atoms with E-state index in [1.165, 1.54) is 32.1 Å². The summed E-state index contributed by atoms with van der Waals surface area (Å²) in [7, 11) is 0. The van der Waals surface area contributed by atoms with Crippen LogP contribution in [0.4, 0.5) is 5.82 Å². The molecule has 5 nitrogen and oxygen atoms in total. The van der Waals surface area contributed by atoms with Gasteiger partial charge in [-0.3, -0.25) is 10.2 Å². The van der Waals surface area contributed by atoms with Gasteiger partial charge in [-0.1, -0.05) is 32.1 Å². The van der Waals surface area contributed by atoms with Gasteiger partial charge in [0.05, 0.1) is 5.56 Å². The Morgan fingerprint density at radius 3 is 2.50 bits per heavy atom. The van der Waals surface area contributed by atoms with E-state index in [1.807, 2.05) is 0 Å². The molecule has 0 unspecified atom stereocenters. The zero-order chi connectivity index (χ0) is 14.2. The fourth-order valence-corrected chi connectivity index (χ4v) is 2.54. The molecule has 1 aliphatic rings. The third-order valence-electron chi connectivity index (χ3n) is 3.66. The Balaban J connectivity index is 1.90. The molecule has 20 heavy (non-hydrogen) atoms. The fraction of sp³-hybridized carbons (Fsp3) is 0.533. The maximum atomic E-state index is 12.2. The summed E-state index contributed by atoms with van der Waals surface area (Å²) in [5, 5.41) is 6.65. The molecule has 0 radical (unpaired) electrons. The fourth-order valence-electron chi connectivity index (χ4n) is 2.54. The van der Waals surface area contributed by atoms with Gasteiger partial charge in [0.2, 0.25) is 0 Å². The largest absolute Gasteiger partial charge is 0.349 e. The molecule has 2 N–H and O–H groups in total. The highest BCUT2D eigenvalue weighted by Gasteiger charge is 2.15. The Kier molecular flexibility index (Phi) is 5.53. The van der Waals surface area contributed by atoms with Crippen molar-refractivity contribution in [3.05, 3.63) is 23.9 Å². The molecule has 1 fully saturated rings. The highest BCUT2D eigenvalue weighted by Crippen LogP contribution is 2.17. The van der Waals surface area contributed by atoms with Crippen LogP contribution in [-0.4, -0.2) is 23.7 Å². The predicted octanol–water partition coefficient (Wildman–Crippen LogP) is 2.95. The topological polar surface area (TPSA) is 66.4 Å². The van der Waals surface area contributed by atoms with Crippen molar-refractivity contribution in [1.29, 1.82) is 0 Å². The number of carbonyl (C=O) groups is 1. The molecule has 2 rings (SSSR count). The lowest BCUT2D eigenvalue weighted by Gasteiger charge is -2.21. The first-order valence-electron chi connectivity index (χ1n) is 7.28. The number of anilines is 1. The average Bonchev–Trinajstić information content (AvgIpc) is 2.43. The lowest BCUT2D eigenvalue weighted by atomic mass is 9.96. The Bertz CT molecular complexity index is 436. The molecule has 0 saturated heterocycles. The minimum absolute atomic E-state index is 0.0406. The summed E-state index contributed by atoms with van der Waals surface area (Å²) >= 11 is 0. The number of amides is 1. The number of rotatable bonds is 4. The van der Waals surface area contributed by atoms with Crippen molar-refractivity contribution in [3.63, 3.8) is 0 Å². The monoisotopic (exact) mass is 274 g/mol. The van der Waals surface area contributed by atoms with E-state index in [0.29, 0.717) is 17.4 Å². The number of nitrogens with one attached hydrogen (secondary N) is 2. The van der Waals surface area contributed by atoms with Gasteiger partial charge in [-0.05, 0) is 25.0 Å². The summed E-state index contributed by atoms with van der Waals surface area (Å²) in [5.41, 5.74) is 3.23. The van der Waals surface area contributed by atoms with E-state index >= 15 is 0 Å². The van der Waals surface area contributed by atoms with E-state index in [4.69, 9.17) is 0 Å². The second-order valence-electron chi connectivity index (χ2n) is 5.22. The van der Waals surface area contributed by atoms with Crippen molar-refractivity contribution in [2.75, 3.05) is 5.43 Å². The first kappa shape index (κ1) is 14.5. The van der Waals surface area contributed by atoms with Gasteiger partial charge in [0.25, 0.3) is 5.91 Å². The van der Waals surface area contributed by atoms with Crippen molar-refractivity contribution in [2.45, 2.75) is 51.0 Å². The van der Waals surface area contributed by atoms with Crippen LogP contribution in [-0.2, 0) is 0 Å². The van der Waals surface area contributed by atoms with Gasteiger partial charge in [-0.15, -0.1) is 0 Å². The predicted molar refractivity (Wildman–Crippen MR) is 81.0 cm³/mol. The molecule has 0 aromatic carbocycles. The van der Waals surface area contributed by atoms with Crippen LogP contribution in [0.3, 0.4) is 0 Å². The van der Waals surface area contributed by atoms with E-state index in [0.717, 1.165) is 12.8 Å². The highest BCUT2D eigenvalue weighted by atomic mass is 16.1. The number of hydrogen-bond acceptors (Lipinski definition) is 4. The zero-order valence-electron chi connectivity index (χ0n) is 11.8. The Morgan fingerprint density at radius 2 is 1.90 bits per heavy atom. The van der Waals surface area contributed by atoms with Crippen molar-refractivity contribution < 1.29 is 4.79 Å². The average molecular weight is 274 g/mol. The molecule has 1 saturated carbocycles. The molecular weight excluding hydrogens is 252 g/mol. The van der Waals surface area contributed by atoms with Gasteiger partial charge in [-0.2, -0.15) is 5.10 Å². The van der Waals surface area contributed by atoms with E-state index in [1.54, 1.807) is 18.3 Å². The normalized spacial score (nSPS) is 16.8. The molecule has 108 valence electrons. The van der Waals surface area contributed by atoms with E-state index in [-0.39, 0.29) is 5.91 Å². The SMILES string of the molecule is C=NNc1ccc(C(=O)NC2CCCCCCC2)cn1. The van der Waals surface area contributed by atoms with Crippen LogP contribution >= 0.6 is 0 Å². The minimum Gasteiger partial charge on any atom is -0.349 e. The summed E-state index contributed by atoms with van der Waals surface area (Å²) in [6, 6.07) is 3.77. The summed E-state index contributed by atoms with van der Waals surface area (Å²) in [6.45, 7) is 3.33. The summed E-state index contributed by atoms with van der Waals surface area (Å²) in [5.74, 6) is 0.545. The van der Waals surface area contributed by atoms with Crippen molar-refractivity contribution in [2.24, 2.45) is 5.10 Å². The second kappa shape index (κ2) is 7.62. The molecule has 0 bridgehead atoms. The molecule has 1 aromatic rings. The molecule has 5 heteroatoms. The number of hydrogen-bond donors (Lipinski definition) is 2. The van der Waals surface area contributed by atoms with Gasteiger partial charge in [-0.25, -0.2) is 4.98 Å². The summed E-state index contributed by atoms with van der Waals surface area (Å²) in [4.78, 5) is 16.3. The molecule has 0 spiro atoms. The molecule has 1 amide bonds. The van der Waals surface area contributed by atoms with Gasteiger partial charge in [0.15, 0.2) is 0 Å². The van der Waals surface area contributed by atoms with E-state index in [9.17, 15) is 4.79 Å². The smallest absolute Gasteiger partial charge is 0.253 e. The van der Waals surface area contributed by atoms with Crippen LogP contribution < -0.4 is 10.7 Å². The number of aromatic nitrogens is 1. The number of nitrogens with zero attached hydrogens (tertiary/aromatic N) is 2. The first-order chi connectivity index (χ1) is 9.79. The number of hydrazone groups is 1. The lowest BCUT2D eigenvalue weighted by molar-refractivity contribution is 0.0930. The van der Waals surface area contributed by atoms with Crippen molar-refractivity contribution >= 4 is 18.4 Å². The minimum atomic E-state index is -0.0406. The molecule has 1 aliphatic carbocycles. The van der Waals surface area contributed by atoms with Crippen molar-refractivity contribution in [3.8, 4) is 0 Å². The Hall–Kier alpha value is -1.91. The van der Waals surface area contributed by atoms with E-state index in [2.05, 4.69) is 27.5 Å². The molecule has 0 atom stereocenters. The number of carbonyl (C=O) groups excluding carboxylic acids is 1. The quantitative estimate of drug-likeness (QED) is 0.655. The van der Waals surface area contributed by atoms with Gasteiger partial charge in [0, 0.05) is 19.0 Å². The van der Waals surface area contributed by atoms with Crippen molar-refractivity contribution in [1.82, 2.24) is 10.3 Å². The maximum Gasteiger partial charge on any atom is 0.253 e. The molecule has 1 heterocycles. The van der Waals surface area contributed by atoms with Crippen LogP contribution in [0.1, 0.15) is 55.3 Å².